The first-order valence-electron chi connectivity index (χ1n) is 18.8. The summed E-state index contributed by atoms with van der Waals surface area (Å²) in [4.78, 5) is 39.7. The molecule has 1 aromatic rings. The van der Waals surface area contributed by atoms with E-state index in [1.165, 1.54) is 6.42 Å². The maximum Gasteiger partial charge on any atom is 0.407 e. The molecule has 1 aliphatic carbocycles. The summed E-state index contributed by atoms with van der Waals surface area (Å²) < 4.78 is 5.52. The fourth-order valence-electron chi connectivity index (χ4n) is 6.54. The van der Waals surface area contributed by atoms with Gasteiger partial charge < -0.3 is 30.9 Å². The van der Waals surface area contributed by atoms with Gasteiger partial charge >= 0.3 is 6.09 Å². The van der Waals surface area contributed by atoms with E-state index in [0.717, 1.165) is 56.9 Å². The van der Waals surface area contributed by atoms with Crippen molar-refractivity contribution in [2.45, 2.75) is 161 Å². The number of ether oxygens (including phenoxy) is 1. The number of benzene rings is 1. The molecule has 5 N–H and O–H groups in total. The molecule has 1 fully saturated rings. The number of carbonyl (C=O) groups is 3. The molecule has 5 atom stereocenters. The minimum absolute atomic E-state index is 0.0599. The van der Waals surface area contributed by atoms with Gasteiger partial charge in [-0.15, -0.1) is 0 Å². The van der Waals surface area contributed by atoms with Gasteiger partial charge in [-0.25, -0.2) is 4.79 Å². The lowest BCUT2D eigenvalue weighted by Gasteiger charge is -2.33. The van der Waals surface area contributed by atoms with Gasteiger partial charge in [-0.2, -0.15) is 0 Å². The van der Waals surface area contributed by atoms with E-state index >= 15 is 0 Å². The SMILES string of the molecule is C=C(C[C@H](O)[C@H](CC1CCCCC1)NC(=O)C(CCCCCC)CC(O)[C@H](Cc1ccccc1)NC(=O)OC(C)(C)C)C(=O)NCC(C)C. The lowest BCUT2D eigenvalue weighted by atomic mass is 9.82. The molecule has 2 unspecified atom stereocenters. The van der Waals surface area contributed by atoms with Gasteiger partial charge in [-0.3, -0.25) is 9.59 Å². The monoisotopic (exact) mass is 686 g/mol. The number of nitrogens with one attached hydrogen (secondary N) is 3. The van der Waals surface area contributed by atoms with E-state index in [-0.39, 0.29) is 30.6 Å². The minimum atomic E-state index is -1.03. The molecule has 2 rings (SSSR count). The number of amides is 3. The fraction of sp³-hybridized carbons (Fsp3) is 0.725. The Bertz CT molecular complexity index is 1130. The lowest BCUT2D eigenvalue weighted by molar-refractivity contribution is -0.128. The average Bonchev–Trinajstić information content (AvgIpc) is 3.04. The molecule has 0 bridgehead atoms. The molecular formula is C40H67N3O6. The second-order valence-electron chi connectivity index (χ2n) is 15.6. The normalized spacial score (nSPS) is 17.0. The molecule has 0 aromatic heterocycles. The highest BCUT2D eigenvalue weighted by atomic mass is 16.6. The second-order valence-corrected chi connectivity index (χ2v) is 15.6. The Kier molecular flexibility index (Phi) is 19.0. The number of hydrogen-bond donors (Lipinski definition) is 5. The van der Waals surface area contributed by atoms with Crippen LogP contribution in [-0.4, -0.2) is 64.6 Å². The number of hydrogen-bond acceptors (Lipinski definition) is 6. The molecule has 278 valence electrons. The van der Waals surface area contributed by atoms with Crippen molar-refractivity contribution in [2.75, 3.05) is 6.54 Å². The van der Waals surface area contributed by atoms with Crippen molar-refractivity contribution in [3.05, 3.63) is 48.0 Å². The summed E-state index contributed by atoms with van der Waals surface area (Å²) in [5.41, 5.74) is 0.530. The van der Waals surface area contributed by atoms with E-state index in [4.69, 9.17) is 4.74 Å². The third-order valence-electron chi connectivity index (χ3n) is 9.32. The quantitative estimate of drug-likeness (QED) is 0.0699. The number of rotatable bonds is 21. The summed E-state index contributed by atoms with van der Waals surface area (Å²) in [7, 11) is 0. The highest BCUT2D eigenvalue weighted by molar-refractivity contribution is 5.92. The van der Waals surface area contributed by atoms with Crippen molar-refractivity contribution in [2.24, 2.45) is 17.8 Å². The van der Waals surface area contributed by atoms with Gasteiger partial charge in [-0.1, -0.05) is 115 Å². The van der Waals surface area contributed by atoms with E-state index in [9.17, 15) is 24.6 Å². The van der Waals surface area contributed by atoms with Gasteiger partial charge in [0.25, 0.3) is 0 Å². The molecule has 0 spiro atoms. The second kappa shape index (κ2) is 22.0. The lowest BCUT2D eigenvalue weighted by Crippen LogP contribution is -2.50. The van der Waals surface area contributed by atoms with Gasteiger partial charge in [0.1, 0.15) is 5.60 Å². The van der Waals surface area contributed by atoms with Gasteiger partial charge in [0.15, 0.2) is 0 Å². The van der Waals surface area contributed by atoms with Crippen LogP contribution in [0.2, 0.25) is 0 Å². The molecule has 3 amide bonds. The first kappa shape index (κ1) is 42.3. The van der Waals surface area contributed by atoms with E-state index in [1.54, 1.807) is 20.8 Å². The maximum atomic E-state index is 14.1. The minimum Gasteiger partial charge on any atom is -0.444 e. The topological polar surface area (TPSA) is 137 Å². The number of alkyl carbamates (subject to hydrolysis) is 1. The first-order chi connectivity index (χ1) is 23.2. The van der Waals surface area contributed by atoms with Crippen LogP contribution in [0.5, 0.6) is 0 Å². The Labute approximate surface area is 296 Å². The summed E-state index contributed by atoms with van der Waals surface area (Å²) in [6, 6.07) is 8.39. The Morgan fingerprint density at radius 1 is 0.939 bits per heavy atom. The van der Waals surface area contributed by atoms with Crippen molar-refractivity contribution in [1.82, 2.24) is 16.0 Å². The molecule has 0 saturated heterocycles. The van der Waals surface area contributed by atoms with Crippen LogP contribution in [0.15, 0.2) is 42.5 Å². The van der Waals surface area contributed by atoms with Crippen LogP contribution in [0.3, 0.4) is 0 Å². The molecule has 1 aromatic carbocycles. The van der Waals surface area contributed by atoms with Gasteiger partial charge in [0.2, 0.25) is 11.8 Å². The molecule has 0 aliphatic heterocycles. The van der Waals surface area contributed by atoms with Crippen LogP contribution < -0.4 is 16.0 Å². The van der Waals surface area contributed by atoms with Crippen molar-refractivity contribution < 1.29 is 29.3 Å². The Hall–Kier alpha value is -2.91. The van der Waals surface area contributed by atoms with Crippen molar-refractivity contribution in [3.63, 3.8) is 0 Å². The Morgan fingerprint density at radius 3 is 2.22 bits per heavy atom. The van der Waals surface area contributed by atoms with Gasteiger partial charge in [0, 0.05) is 24.5 Å². The molecule has 1 saturated carbocycles. The standard InChI is InChI=1S/C40H67N3O6/c1-8-9-10-17-22-32(26-36(45)34(25-31-20-15-12-16-21-31)43-39(48)49-40(5,6)7)38(47)42-33(24-30-18-13-11-14-19-30)35(44)23-29(4)37(46)41-27-28(2)3/h12,15-16,20-21,28,30,32-36,44-45H,4,8-11,13-14,17-19,22-27H2,1-3,5-7H3,(H,41,46)(H,42,47)(H,43,48)/t32?,33-,34-,35-,36?/m0/s1. The van der Waals surface area contributed by atoms with Crippen LogP contribution in [0, 0.1) is 17.8 Å². The summed E-state index contributed by atoms with van der Waals surface area (Å²) in [5, 5.41) is 32.1. The molecular weight excluding hydrogens is 618 g/mol. The molecule has 49 heavy (non-hydrogen) atoms. The zero-order valence-corrected chi connectivity index (χ0v) is 31.3. The zero-order chi connectivity index (χ0) is 36.4. The molecule has 9 heteroatoms. The van der Waals surface area contributed by atoms with E-state index in [2.05, 4.69) is 29.5 Å². The summed E-state index contributed by atoms with van der Waals surface area (Å²) in [6.07, 6.45) is 8.60. The summed E-state index contributed by atoms with van der Waals surface area (Å²) in [6.45, 7) is 16.0. The van der Waals surface area contributed by atoms with Gasteiger partial charge in [-0.05, 0) is 63.9 Å². The summed E-state index contributed by atoms with van der Waals surface area (Å²) >= 11 is 0. The number of aliphatic hydroxyl groups excluding tert-OH is 2. The zero-order valence-electron chi connectivity index (χ0n) is 31.3. The molecule has 9 nitrogen and oxygen atoms in total. The Morgan fingerprint density at radius 2 is 1.61 bits per heavy atom. The van der Waals surface area contributed by atoms with Crippen LogP contribution in [0.25, 0.3) is 0 Å². The predicted molar refractivity (Wildman–Crippen MR) is 197 cm³/mol. The largest absolute Gasteiger partial charge is 0.444 e. The number of carbonyl (C=O) groups excluding carboxylic acids is 3. The summed E-state index contributed by atoms with van der Waals surface area (Å²) in [5.74, 6) is -0.380. The van der Waals surface area contributed by atoms with Crippen LogP contribution >= 0.6 is 0 Å². The van der Waals surface area contributed by atoms with Crippen LogP contribution in [-0.2, 0) is 20.7 Å². The average molecular weight is 686 g/mol. The van der Waals surface area contributed by atoms with E-state index < -0.39 is 41.9 Å². The maximum absolute atomic E-state index is 14.1. The van der Waals surface area contributed by atoms with Crippen molar-refractivity contribution in [1.29, 1.82) is 0 Å². The van der Waals surface area contributed by atoms with E-state index in [0.29, 0.717) is 37.3 Å². The third-order valence-corrected chi connectivity index (χ3v) is 9.32. The third kappa shape index (κ3) is 17.5. The van der Waals surface area contributed by atoms with Crippen LogP contribution in [0.4, 0.5) is 4.79 Å². The first-order valence-corrected chi connectivity index (χ1v) is 18.8. The van der Waals surface area contributed by atoms with Crippen LogP contribution in [0.1, 0.15) is 131 Å². The van der Waals surface area contributed by atoms with Crippen molar-refractivity contribution in [3.8, 4) is 0 Å². The fourth-order valence-corrected chi connectivity index (χ4v) is 6.54. The van der Waals surface area contributed by atoms with Crippen molar-refractivity contribution >= 4 is 17.9 Å². The smallest absolute Gasteiger partial charge is 0.407 e. The molecule has 0 radical (unpaired) electrons. The highest BCUT2D eigenvalue weighted by Crippen LogP contribution is 2.29. The number of aliphatic hydroxyl groups is 2. The number of unbranched alkanes of at least 4 members (excludes halogenated alkanes) is 3. The predicted octanol–water partition coefficient (Wildman–Crippen LogP) is 6.99. The molecule has 0 heterocycles. The molecule has 1 aliphatic rings. The van der Waals surface area contributed by atoms with Gasteiger partial charge in [0.05, 0.1) is 24.3 Å². The Balaban J connectivity index is 2.27. The van der Waals surface area contributed by atoms with E-state index in [1.807, 2.05) is 44.2 Å². The highest BCUT2D eigenvalue weighted by Gasteiger charge is 2.33.